The van der Waals surface area contributed by atoms with Gasteiger partial charge >= 0.3 is 12.8 Å². The van der Waals surface area contributed by atoms with Crippen molar-refractivity contribution in [3.8, 4) is 16.9 Å². The van der Waals surface area contributed by atoms with E-state index in [0.717, 1.165) is 41.7 Å². The van der Waals surface area contributed by atoms with Crippen LogP contribution in [-0.2, 0) is 17.4 Å². The number of nitrogens with zero attached hydrogens (tertiary/aromatic N) is 1. The average Bonchev–Trinajstić information content (AvgIpc) is 3.37. The molecule has 4 nitrogen and oxygen atoms in total. The molecule has 42 heavy (non-hydrogen) atoms. The van der Waals surface area contributed by atoms with Crippen LogP contribution >= 0.6 is 23.5 Å². The van der Waals surface area contributed by atoms with Gasteiger partial charge in [0.05, 0.1) is 16.2 Å². The molecule has 2 heterocycles. The predicted octanol–water partition coefficient (Wildman–Crippen LogP) is 8.14. The number of thioether (sulfide) groups is 2. The molecule has 0 bridgehead atoms. The lowest BCUT2D eigenvalue weighted by molar-refractivity contribution is -0.138. The summed E-state index contributed by atoms with van der Waals surface area (Å²) in [6.07, 6.45) is -5.37. The van der Waals surface area contributed by atoms with Crippen molar-refractivity contribution in [2.75, 3.05) is 5.75 Å². The number of pyridine rings is 1. The summed E-state index contributed by atoms with van der Waals surface area (Å²) in [5.74, 6) is -1.18. The molecule has 0 N–H and O–H groups in total. The lowest BCUT2D eigenvalue weighted by Crippen LogP contribution is -2.30. The number of rotatable bonds is 7. The van der Waals surface area contributed by atoms with Crippen LogP contribution in [0.4, 0.5) is 26.3 Å². The maximum Gasteiger partial charge on any atom is 0.416 e. The van der Waals surface area contributed by atoms with Crippen molar-refractivity contribution in [1.29, 1.82) is 0 Å². The van der Waals surface area contributed by atoms with Crippen LogP contribution < -0.4 is 10.3 Å². The van der Waals surface area contributed by atoms with E-state index in [0.29, 0.717) is 4.90 Å². The molecule has 1 aliphatic heterocycles. The molecule has 0 saturated carbocycles. The highest BCUT2D eigenvalue weighted by Crippen LogP contribution is 2.43. The first-order valence-corrected chi connectivity index (χ1v) is 14.3. The number of halogens is 6. The first-order chi connectivity index (χ1) is 20.0. The fourth-order valence-electron chi connectivity index (χ4n) is 4.90. The Kier molecular flexibility index (Phi) is 8.47. The first-order valence-electron chi connectivity index (χ1n) is 12.5. The highest BCUT2D eigenvalue weighted by molar-refractivity contribution is 8.13. The number of fused-ring (bicyclic) bond motifs is 1. The summed E-state index contributed by atoms with van der Waals surface area (Å²) >= 11 is 2.05. The zero-order chi connectivity index (χ0) is 30.2. The van der Waals surface area contributed by atoms with E-state index in [1.807, 2.05) is 0 Å². The third-order valence-electron chi connectivity index (χ3n) is 6.79. The van der Waals surface area contributed by atoms with Crippen LogP contribution in [0.15, 0.2) is 87.5 Å². The fourth-order valence-corrected chi connectivity index (χ4v) is 7.23. The molecular formula is C30H21F6NO3S2. The monoisotopic (exact) mass is 621 g/mol. The summed E-state index contributed by atoms with van der Waals surface area (Å²) in [4.78, 5) is 28.1. The van der Waals surface area contributed by atoms with Crippen molar-refractivity contribution in [1.82, 2.24) is 4.57 Å². The normalized spacial score (nSPS) is 14.7. The number of ether oxygens (including phenoxy) is 1. The van der Waals surface area contributed by atoms with Crippen LogP contribution in [0.1, 0.15) is 28.3 Å². The molecule has 1 unspecified atom stereocenters. The summed E-state index contributed by atoms with van der Waals surface area (Å²) < 4.78 is 88.2. The second-order valence-corrected chi connectivity index (χ2v) is 11.5. The topological polar surface area (TPSA) is 48.3 Å². The van der Waals surface area contributed by atoms with Gasteiger partial charge in [-0.3, -0.25) is 14.2 Å². The van der Waals surface area contributed by atoms with Gasteiger partial charge in [0.2, 0.25) is 5.12 Å². The number of carbonyl (C=O) groups is 1. The fraction of sp³-hybridized carbons (Fsp3) is 0.200. The third kappa shape index (κ3) is 5.96. The van der Waals surface area contributed by atoms with E-state index in [2.05, 4.69) is 4.74 Å². The van der Waals surface area contributed by atoms with E-state index in [1.54, 1.807) is 30.3 Å². The van der Waals surface area contributed by atoms with Crippen molar-refractivity contribution in [3.05, 3.63) is 111 Å². The molecule has 3 aromatic carbocycles. The van der Waals surface area contributed by atoms with Crippen molar-refractivity contribution < 1.29 is 35.9 Å². The Morgan fingerprint density at radius 3 is 2.45 bits per heavy atom. The molecule has 0 fully saturated rings. The van der Waals surface area contributed by atoms with Crippen molar-refractivity contribution in [2.24, 2.45) is 0 Å². The van der Waals surface area contributed by atoms with E-state index in [1.165, 1.54) is 35.8 Å². The van der Waals surface area contributed by atoms with Gasteiger partial charge in [-0.25, -0.2) is 4.39 Å². The largest absolute Gasteiger partial charge is 0.435 e. The Bertz CT molecular complexity index is 1710. The minimum atomic E-state index is -4.85. The number of carbonyl (C=O) groups excluding carboxylic acids is 1. The van der Waals surface area contributed by atoms with E-state index in [9.17, 15) is 35.9 Å². The molecular weight excluding hydrogens is 600 g/mol. The molecule has 1 atom stereocenters. The van der Waals surface area contributed by atoms with E-state index in [4.69, 9.17) is 0 Å². The molecule has 1 aliphatic rings. The Hall–Kier alpha value is -3.64. The molecule has 5 rings (SSSR count). The standard InChI is InChI=1S/C30H21F6NO3S2/c1-16-20(14-21-22(30(34,35)36)11-6-12-23(21)31)27-37(24(15-41-27)28(39)42-19-9-3-2-4-10-19)26(38)25(16)17-7-5-8-18(13-17)40-29(32)33/h2-13,24,29H,14-15H2,1H3. The maximum atomic E-state index is 15.0. The van der Waals surface area contributed by atoms with Gasteiger partial charge in [-0.1, -0.05) is 36.4 Å². The minimum absolute atomic E-state index is 0.0108. The SMILES string of the molecule is Cc1c(Cc2c(F)cccc2C(F)(F)F)c2n(c(=O)c1-c1cccc(OC(F)F)c1)C(C(=O)Sc1ccccc1)CS2. The van der Waals surface area contributed by atoms with Crippen LogP contribution in [0.2, 0.25) is 0 Å². The minimum Gasteiger partial charge on any atom is -0.435 e. The van der Waals surface area contributed by atoms with Gasteiger partial charge in [0.1, 0.15) is 17.6 Å². The lowest BCUT2D eigenvalue weighted by atomic mass is 9.92. The molecule has 0 saturated heterocycles. The summed E-state index contributed by atoms with van der Waals surface area (Å²) in [7, 11) is 0. The van der Waals surface area contributed by atoms with Crippen LogP contribution in [-0.4, -0.2) is 22.0 Å². The molecule has 218 valence electrons. The Morgan fingerprint density at radius 2 is 1.76 bits per heavy atom. The quantitative estimate of drug-likeness (QED) is 0.154. The van der Waals surface area contributed by atoms with Gasteiger partial charge in [0.15, 0.2) is 0 Å². The zero-order valence-corrected chi connectivity index (χ0v) is 23.4. The molecule has 0 radical (unpaired) electrons. The predicted molar refractivity (Wildman–Crippen MR) is 149 cm³/mol. The Morgan fingerprint density at radius 1 is 1.05 bits per heavy atom. The van der Waals surface area contributed by atoms with Gasteiger partial charge in [-0.05, 0) is 71.8 Å². The van der Waals surface area contributed by atoms with Gasteiger partial charge < -0.3 is 4.74 Å². The van der Waals surface area contributed by atoms with Gasteiger partial charge in [0, 0.05) is 22.6 Å². The summed E-state index contributed by atoms with van der Waals surface area (Å²) in [5.41, 5.74) is -1.76. The van der Waals surface area contributed by atoms with Crippen molar-refractivity contribution in [3.63, 3.8) is 0 Å². The van der Waals surface area contributed by atoms with Gasteiger partial charge in [0.25, 0.3) is 5.56 Å². The highest BCUT2D eigenvalue weighted by Gasteiger charge is 2.38. The number of alkyl halides is 5. The first kappa shape index (κ1) is 29.8. The summed E-state index contributed by atoms with van der Waals surface area (Å²) in [6, 6.07) is 15.8. The smallest absolute Gasteiger partial charge is 0.416 e. The Balaban J connectivity index is 1.71. The molecule has 0 aliphatic carbocycles. The summed E-state index contributed by atoms with van der Waals surface area (Å²) in [6.45, 7) is -1.62. The third-order valence-corrected chi connectivity index (χ3v) is 8.97. The highest BCUT2D eigenvalue weighted by atomic mass is 32.2. The van der Waals surface area contributed by atoms with Gasteiger partial charge in [-0.2, -0.15) is 22.0 Å². The number of hydrogen-bond acceptors (Lipinski definition) is 5. The molecule has 4 aromatic rings. The van der Waals surface area contributed by atoms with Crippen molar-refractivity contribution >= 4 is 28.6 Å². The van der Waals surface area contributed by atoms with Crippen molar-refractivity contribution in [2.45, 2.75) is 42.1 Å². The zero-order valence-electron chi connectivity index (χ0n) is 21.8. The summed E-state index contributed by atoms with van der Waals surface area (Å²) in [5, 5.41) is -0.114. The maximum absolute atomic E-state index is 15.0. The molecule has 1 aromatic heterocycles. The molecule has 12 heteroatoms. The van der Waals surface area contributed by atoms with Crippen LogP contribution in [0.3, 0.4) is 0 Å². The van der Waals surface area contributed by atoms with E-state index in [-0.39, 0.29) is 43.9 Å². The van der Waals surface area contributed by atoms with Gasteiger partial charge in [-0.15, -0.1) is 11.8 Å². The lowest BCUT2D eigenvalue weighted by Gasteiger charge is -2.21. The molecule has 0 amide bonds. The molecule has 0 spiro atoms. The number of aromatic nitrogens is 1. The number of hydrogen-bond donors (Lipinski definition) is 0. The van der Waals surface area contributed by atoms with Crippen LogP contribution in [0.25, 0.3) is 11.1 Å². The average molecular weight is 622 g/mol. The second kappa shape index (κ2) is 11.9. The second-order valence-electron chi connectivity index (χ2n) is 9.37. The Labute approximate surface area is 244 Å². The van der Waals surface area contributed by atoms with E-state index >= 15 is 0 Å². The van der Waals surface area contributed by atoms with Crippen LogP contribution in [0, 0.1) is 12.7 Å². The number of benzene rings is 3. The van der Waals surface area contributed by atoms with Crippen LogP contribution in [0.5, 0.6) is 5.75 Å². The van der Waals surface area contributed by atoms with E-state index < -0.39 is 47.8 Å².